The molecule has 0 unspecified atom stereocenters. The summed E-state index contributed by atoms with van der Waals surface area (Å²) in [5.41, 5.74) is 2.28. The van der Waals surface area contributed by atoms with E-state index in [2.05, 4.69) is 15.3 Å². The van der Waals surface area contributed by atoms with Crippen LogP contribution in [0.15, 0.2) is 53.3 Å². The first-order valence-corrected chi connectivity index (χ1v) is 9.24. The van der Waals surface area contributed by atoms with Crippen LogP contribution < -0.4 is 15.8 Å². The average Bonchev–Trinajstić information content (AvgIpc) is 3.21. The van der Waals surface area contributed by atoms with Crippen molar-refractivity contribution in [2.75, 3.05) is 23.3 Å². The van der Waals surface area contributed by atoms with Crippen LogP contribution in [0.4, 0.5) is 11.4 Å². The Bertz CT molecular complexity index is 1050. The minimum absolute atomic E-state index is 0.112. The number of benzene rings is 2. The van der Waals surface area contributed by atoms with Gasteiger partial charge in [0, 0.05) is 18.5 Å². The summed E-state index contributed by atoms with van der Waals surface area (Å²) in [7, 11) is 0. The predicted octanol–water partition coefficient (Wildman–Crippen LogP) is 2.94. The Labute approximate surface area is 157 Å². The van der Waals surface area contributed by atoms with Gasteiger partial charge in [-0.3, -0.25) is 9.59 Å². The third-order valence-electron chi connectivity index (χ3n) is 4.97. The third-order valence-corrected chi connectivity index (χ3v) is 4.97. The number of rotatable bonds is 4. The lowest BCUT2D eigenvalue weighted by molar-refractivity contribution is -0.117. The Morgan fingerprint density at radius 3 is 2.48 bits per heavy atom. The number of para-hydroxylation sites is 2. The summed E-state index contributed by atoms with van der Waals surface area (Å²) in [4.78, 5) is 27.6. The second-order valence-corrected chi connectivity index (χ2v) is 6.85. The molecule has 1 aliphatic heterocycles. The molecule has 1 N–H and O–H groups in total. The van der Waals surface area contributed by atoms with E-state index in [-0.39, 0.29) is 18.0 Å². The minimum atomic E-state index is -0.258. The van der Waals surface area contributed by atoms with Crippen molar-refractivity contribution in [1.82, 2.24) is 9.78 Å². The van der Waals surface area contributed by atoms with Crippen LogP contribution in [-0.2, 0) is 11.3 Å². The molecule has 6 heteroatoms. The van der Waals surface area contributed by atoms with Crippen LogP contribution >= 0.6 is 0 Å². The molecule has 27 heavy (non-hydrogen) atoms. The fourth-order valence-corrected chi connectivity index (χ4v) is 3.65. The molecule has 0 bridgehead atoms. The Morgan fingerprint density at radius 2 is 1.70 bits per heavy atom. The summed E-state index contributed by atoms with van der Waals surface area (Å²) in [6.45, 7) is 3.73. The van der Waals surface area contributed by atoms with Gasteiger partial charge in [0.05, 0.1) is 22.5 Å². The van der Waals surface area contributed by atoms with Gasteiger partial charge in [0.15, 0.2) is 0 Å². The van der Waals surface area contributed by atoms with Crippen molar-refractivity contribution in [3.8, 4) is 0 Å². The van der Waals surface area contributed by atoms with E-state index in [9.17, 15) is 9.59 Å². The fraction of sp³-hybridized carbons (Fsp3) is 0.286. The van der Waals surface area contributed by atoms with E-state index in [1.807, 2.05) is 49.4 Å². The van der Waals surface area contributed by atoms with E-state index >= 15 is 0 Å². The number of aromatic nitrogens is 2. The van der Waals surface area contributed by atoms with Crippen molar-refractivity contribution in [2.24, 2.45) is 0 Å². The Hall–Kier alpha value is -3.15. The zero-order valence-corrected chi connectivity index (χ0v) is 15.3. The molecule has 1 saturated heterocycles. The zero-order chi connectivity index (χ0) is 18.8. The first-order valence-electron chi connectivity index (χ1n) is 9.24. The highest BCUT2D eigenvalue weighted by atomic mass is 16.2. The predicted molar refractivity (Wildman–Crippen MR) is 107 cm³/mol. The quantitative estimate of drug-likeness (QED) is 0.775. The van der Waals surface area contributed by atoms with Crippen LogP contribution in [0, 0.1) is 6.92 Å². The number of hydrogen-bond acceptors (Lipinski definition) is 4. The molecule has 0 saturated carbocycles. The number of hydrogen-bond donors (Lipinski definition) is 1. The fourth-order valence-electron chi connectivity index (χ4n) is 3.65. The van der Waals surface area contributed by atoms with E-state index < -0.39 is 0 Å². The van der Waals surface area contributed by atoms with E-state index in [4.69, 9.17) is 0 Å². The van der Waals surface area contributed by atoms with Gasteiger partial charge in [0.1, 0.15) is 6.54 Å². The molecule has 1 amide bonds. The first-order chi connectivity index (χ1) is 13.1. The van der Waals surface area contributed by atoms with Gasteiger partial charge < -0.3 is 10.2 Å². The van der Waals surface area contributed by atoms with Gasteiger partial charge in [-0.05, 0) is 38.0 Å². The second-order valence-electron chi connectivity index (χ2n) is 6.85. The monoisotopic (exact) mass is 362 g/mol. The molecule has 1 fully saturated rings. The summed E-state index contributed by atoms with van der Waals surface area (Å²) >= 11 is 0. The largest absolute Gasteiger partial charge is 0.370 e. The zero-order valence-electron chi connectivity index (χ0n) is 15.3. The van der Waals surface area contributed by atoms with E-state index in [0.717, 1.165) is 48.4 Å². The van der Waals surface area contributed by atoms with Crippen molar-refractivity contribution < 1.29 is 4.79 Å². The maximum atomic E-state index is 12.7. The van der Waals surface area contributed by atoms with Crippen LogP contribution in [-0.4, -0.2) is 28.8 Å². The Morgan fingerprint density at radius 1 is 1.04 bits per heavy atom. The van der Waals surface area contributed by atoms with Crippen LogP contribution in [0.3, 0.4) is 0 Å². The van der Waals surface area contributed by atoms with Crippen LogP contribution in [0.25, 0.3) is 10.8 Å². The Kier molecular flexibility index (Phi) is 4.62. The van der Waals surface area contributed by atoms with E-state index in [1.165, 1.54) is 4.68 Å². The molecule has 4 rings (SSSR count). The van der Waals surface area contributed by atoms with Crippen LogP contribution in [0.2, 0.25) is 0 Å². The van der Waals surface area contributed by atoms with Crippen molar-refractivity contribution in [3.05, 3.63) is 64.6 Å². The molecule has 0 radical (unpaired) electrons. The highest BCUT2D eigenvalue weighted by molar-refractivity contribution is 5.94. The van der Waals surface area contributed by atoms with Gasteiger partial charge in [-0.25, -0.2) is 4.68 Å². The minimum Gasteiger partial charge on any atom is -0.370 e. The van der Waals surface area contributed by atoms with Gasteiger partial charge >= 0.3 is 0 Å². The Balaban J connectivity index is 1.58. The van der Waals surface area contributed by atoms with Crippen LogP contribution in [0.5, 0.6) is 0 Å². The SMILES string of the molecule is Cc1nn(CC(=O)Nc2ccccc2N2CCCC2)c(=O)c2ccccc12. The molecule has 1 aromatic heterocycles. The van der Waals surface area contributed by atoms with E-state index in [1.54, 1.807) is 6.07 Å². The highest BCUT2D eigenvalue weighted by Crippen LogP contribution is 2.28. The number of carbonyl (C=O) groups excluding carboxylic acids is 1. The number of nitrogens with one attached hydrogen (secondary N) is 1. The molecule has 0 aliphatic carbocycles. The second kappa shape index (κ2) is 7.23. The lowest BCUT2D eigenvalue weighted by Gasteiger charge is -2.21. The molecule has 3 aromatic rings. The van der Waals surface area contributed by atoms with E-state index in [0.29, 0.717) is 5.39 Å². The van der Waals surface area contributed by atoms with Gasteiger partial charge in [-0.2, -0.15) is 5.10 Å². The number of nitrogens with zero attached hydrogens (tertiary/aromatic N) is 3. The number of carbonyl (C=O) groups is 1. The number of amides is 1. The molecular formula is C21H22N4O2. The summed E-state index contributed by atoms with van der Waals surface area (Å²) < 4.78 is 1.24. The van der Waals surface area contributed by atoms with Crippen molar-refractivity contribution in [1.29, 1.82) is 0 Å². The maximum Gasteiger partial charge on any atom is 0.275 e. The molecule has 0 atom stereocenters. The third kappa shape index (κ3) is 3.43. The lowest BCUT2D eigenvalue weighted by atomic mass is 10.1. The van der Waals surface area contributed by atoms with Crippen molar-refractivity contribution in [2.45, 2.75) is 26.3 Å². The standard InChI is InChI=1S/C21H22N4O2/c1-15-16-8-2-3-9-17(16)21(27)25(23-15)14-20(26)22-18-10-4-5-11-19(18)24-12-6-7-13-24/h2-5,8-11H,6-7,12-14H2,1H3,(H,22,26). The molecule has 1 aliphatic rings. The average molecular weight is 362 g/mol. The van der Waals surface area contributed by atoms with Crippen LogP contribution in [0.1, 0.15) is 18.5 Å². The number of fused-ring (bicyclic) bond motifs is 1. The smallest absolute Gasteiger partial charge is 0.275 e. The van der Waals surface area contributed by atoms with Gasteiger partial charge in [-0.15, -0.1) is 0 Å². The molecule has 0 spiro atoms. The van der Waals surface area contributed by atoms with Gasteiger partial charge in [0.25, 0.3) is 5.56 Å². The summed E-state index contributed by atoms with van der Waals surface area (Å²) in [5, 5.41) is 8.66. The number of aryl methyl sites for hydroxylation is 1. The molecule has 138 valence electrons. The normalized spacial score (nSPS) is 13.9. The topological polar surface area (TPSA) is 67.2 Å². The lowest BCUT2D eigenvalue weighted by Crippen LogP contribution is -2.30. The molecule has 2 aromatic carbocycles. The highest BCUT2D eigenvalue weighted by Gasteiger charge is 2.17. The maximum absolute atomic E-state index is 12.7. The van der Waals surface area contributed by atoms with Gasteiger partial charge in [-0.1, -0.05) is 30.3 Å². The van der Waals surface area contributed by atoms with Gasteiger partial charge in [0.2, 0.25) is 5.91 Å². The first kappa shape index (κ1) is 17.3. The summed E-state index contributed by atoms with van der Waals surface area (Å²) in [6.07, 6.45) is 2.33. The number of anilines is 2. The molecule has 2 heterocycles. The molecular weight excluding hydrogens is 340 g/mol. The van der Waals surface area contributed by atoms with Crippen molar-refractivity contribution >= 4 is 28.1 Å². The van der Waals surface area contributed by atoms with Crippen molar-refractivity contribution in [3.63, 3.8) is 0 Å². The molecule has 6 nitrogen and oxygen atoms in total. The summed E-state index contributed by atoms with van der Waals surface area (Å²) in [5.74, 6) is -0.258. The summed E-state index contributed by atoms with van der Waals surface area (Å²) in [6, 6.07) is 15.1.